The van der Waals surface area contributed by atoms with Crippen molar-refractivity contribution in [1.82, 2.24) is 9.78 Å². The van der Waals surface area contributed by atoms with Gasteiger partial charge in [0.15, 0.2) is 0 Å². The maximum atomic E-state index is 12.4. The first kappa shape index (κ1) is 20.0. The highest BCUT2D eigenvalue weighted by molar-refractivity contribution is 6.02. The molecule has 0 saturated heterocycles. The second kappa shape index (κ2) is 8.97. The van der Waals surface area contributed by atoms with Gasteiger partial charge in [0, 0.05) is 23.9 Å². The Balaban J connectivity index is 1.64. The normalized spacial score (nSPS) is 10.4. The Kier molecular flexibility index (Phi) is 6.19. The van der Waals surface area contributed by atoms with E-state index in [9.17, 15) is 14.4 Å². The molecule has 1 aromatic heterocycles. The van der Waals surface area contributed by atoms with Gasteiger partial charge < -0.3 is 10.6 Å². The Morgan fingerprint density at radius 2 is 1.72 bits per heavy atom. The molecule has 3 aromatic rings. The van der Waals surface area contributed by atoms with Crippen LogP contribution < -0.4 is 16.2 Å². The van der Waals surface area contributed by atoms with E-state index in [2.05, 4.69) is 15.7 Å². The van der Waals surface area contributed by atoms with Gasteiger partial charge in [0.2, 0.25) is 5.91 Å². The molecule has 0 radical (unpaired) electrons. The van der Waals surface area contributed by atoms with Gasteiger partial charge in [0.25, 0.3) is 11.5 Å². The van der Waals surface area contributed by atoms with E-state index in [0.717, 1.165) is 21.5 Å². The zero-order chi connectivity index (χ0) is 20.8. The lowest BCUT2D eigenvalue weighted by Crippen LogP contribution is -2.28. The highest BCUT2D eigenvalue weighted by Crippen LogP contribution is 2.16. The number of para-hydroxylation sites is 1. The number of anilines is 2. The topological polar surface area (TPSA) is 93.1 Å². The standard InChI is InChI=1S/C22H22N4O3/c1-15-8-9-18(16(2)14-15)24-20(27)12-13-26-21(28)11-10-19(25-26)22(29)23-17-6-4-3-5-7-17/h3-11,14H,12-13H2,1-2H3,(H,23,29)(H,24,27). The van der Waals surface area contributed by atoms with Crippen LogP contribution in [0.25, 0.3) is 0 Å². The van der Waals surface area contributed by atoms with Crippen LogP contribution in [0, 0.1) is 13.8 Å². The summed E-state index contributed by atoms with van der Waals surface area (Å²) in [6.45, 7) is 3.98. The molecule has 2 N–H and O–H groups in total. The molecule has 7 nitrogen and oxygen atoms in total. The summed E-state index contributed by atoms with van der Waals surface area (Å²) in [6.07, 6.45) is 0.0595. The number of nitrogens with one attached hydrogen (secondary N) is 2. The molecule has 148 valence electrons. The van der Waals surface area contributed by atoms with Crippen LogP contribution >= 0.6 is 0 Å². The summed E-state index contributed by atoms with van der Waals surface area (Å²) in [5.74, 6) is -0.658. The number of benzene rings is 2. The average molecular weight is 390 g/mol. The molecule has 1 heterocycles. The highest BCUT2D eigenvalue weighted by Gasteiger charge is 2.11. The van der Waals surface area contributed by atoms with E-state index in [1.54, 1.807) is 24.3 Å². The SMILES string of the molecule is Cc1ccc(NC(=O)CCn2nc(C(=O)Nc3ccccc3)ccc2=O)c(C)c1. The maximum absolute atomic E-state index is 12.4. The molecule has 0 fully saturated rings. The molecule has 0 aliphatic heterocycles. The zero-order valence-corrected chi connectivity index (χ0v) is 16.3. The first-order valence-electron chi connectivity index (χ1n) is 9.24. The molecule has 0 aliphatic carbocycles. The van der Waals surface area contributed by atoms with Crippen molar-refractivity contribution in [3.8, 4) is 0 Å². The summed E-state index contributed by atoms with van der Waals surface area (Å²) < 4.78 is 1.13. The van der Waals surface area contributed by atoms with Gasteiger partial charge in [0.05, 0.1) is 6.54 Å². The second-order valence-corrected chi connectivity index (χ2v) is 6.72. The van der Waals surface area contributed by atoms with Gasteiger partial charge in [-0.05, 0) is 43.7 Å². The van der Waals surface area contributed by atoms with Crippen molar-refractivity contribution in [3.05, 3.63) is 87.8 Å². The van der Waals surface area contributed by atoms with Crippen LogP contribution in [-0.4, -0.2) is 21.6 Å². The number of nitrogens with zero attached hydrogens (tertiary/aromatic N) is 2. The third-order valence-electron chi connectivity index (χ3n) is 4.34. The minimum Gasteiger partial charge on any atom is -0.326 e. The van der Waals surface area contributed by atoms with Crippen molar-refractivity contribution in [2.45, 2.75) is 26.8 Å². The molecular weight excluding hydrogens is 368 g/mol. The van der Waals surface area contributed by atoms with E-state index < -0.39 is 5.91 Å². The predicted octanol–water partition coefficient (Wildman–Crippen LogP) is 3.14. The predicted molar refractivity (Wildman–Crippen MR) is 112 cm³/mol. The largest absolute Gasteiger partial charge is 0.326 e. The Hall–Kier alpha value is -3.74. The van der Waals surface area contributed by atoms with E-state index >= 15 is 0 Å². The van der Waals surface area contributed by atoms with E-state index in [4.69, 9.17) is 0 Å². The molecule has 0 saturated carbocycles. The first-order valence-corrected chi connectivity index (χ1v) is 9.24. The van der Waals surface area contributed by atoms with E-state index in [1.807, 2.05) is 38.1 Å². The quantitative estimate of drug-likeness (QED) is 0.676. The number of hydrogen-bond donors (Lipinski definition) is 2. The van der Waals surface area contributed by atoms with Gasteiger partial charge in [-0.2, -0.15) is 5.10 Å². The molecule has 0 atom stereocenters. The highest BCUT2D eigenvalue weighted by atomic mass is 16.2. The number of aromatic nitrogens is 2. The lowest BCUT2D eigenvalue weighted by molar-refractivity contribution is -0.116. The molecule has 0 unspecified atom stereocenters. The number of rotatable bonds is 6. The number of aryl methyl sites for hydroxylation is 3. The zero-order valence-electron chi connectivity index (χ0n) is 16.3. The van der Waals surface area contributed by atoms with Gasteiger partial charge in [-0.3, -0.25) is 14.4 Å². The number of hydrogen-bond acceptors (Lipinski definition) is 4. The molecule has 0 aliphatic rings. The molecule has 2 aromatic carbocycles. The summed E-state index contributed by atoms with van der Waals surface area (Å²) in [4.78, 5) is 36.7. The van der Waals surface area contributed by atoms with Crippen LogP contribution in [-0.2, 0) is 11.3 Å². The maximum Gasteiger partial charge on any atom is 0.276 e. The van der Waals surface area contributed by atoms with E-state index in [1.165, 1.54) is 12.1 Å². The Morgan fingerprint density at radius 3 is 2.45 bits per heavy atom. The van der Waals surface area contributed by atoms with Crippen molar-refractivity contribution in [2.24, 2.45) is 0 Å². The van der Waals surface area contributed by atoms with Crippen molar-refractivity contribution < 1.29 is 9.59 Å². The van der Waals surface area contributed by atoms with Gasteiger partial charge >= 0.3 is 0 Å². The second-order valence-electron chi connectivity index (χ2n) is 6.72. The fourth-order valence-electron chi connectivity index (χ4n) is 2.82. The molecule has 2 amide bonds. The Bertz CT molecular complexity index is 1090. The lowest BCUT2D eigenvalue weighted by Gasteiger charge is -2.10. The van der Waals surface area contributed by atoms with Crippen molar-refractivity contribution in [3.63, 3.8) is 0 Å². The smallest absolute Gasteiger partial charge is 0.276 e. The Labute approximate surface area is 168 Å². The first-order chi connectivity index (χ1) is 13.9. The lowest BCUT2D eigenvalue weighted by atomic mass is 10.1. The minimum atomic E-state index is -0.426. The van der Waals surface area contributed by atoms with Crippen LogP contribution in [0.1, 0.15) is 28.0 Å². The van der Waals surface area contributed by atoms with Crippen molar-refractivity contribution in [2.75, 3.05) is 10.6 Å². The fourth-order valence-corrected chi connectivity index (χ4v) is 2.82. The van der Waals surface area contributed by atoms with Crippen LogP contribution in [0.5, 0.6) is 0 Å². The van der Waals surface area contributed by atoms with Gasteiger partial charge in [0.1, 0.15) is 5.69 Å². The minimum absolute atomic E-state index is 0.0595. The van der Waals surface area contributed by atoms with Crippen LogP contribution in [0.4, 0.5) is 11.4 Å². The Morgan fingerprint density at radius 1 is 0.966 bits per heavy atom. The third-order valence-corrected chi connectivity index (χ3v) is 4.34. The van der Waals surface area contributed by atoms with Crippen LogP contribution in [0.3, 0.4) is 0 Å². The van der Waals surface area contributed by atoms with Crippen molar-refractivity contribution in [1.29, 1.82) is 0 Å². The summed E-state index contributed by atoms with van der Waals surface area (Å²) in [7, 11) is 0. The number of carbonyl (C=O) groups is 2. The van der Waals surface area contributed by atoms with Gasteiger partial charge in [-0.1, -0.05) is 35.9 Å². The van der Waals surface area contributed by atoms with Crippen LogP contribution in [0.15, 0.2) is 65.5 Å². The summed E-state index contributed by atoms with van der Waals surface area (Å²) in [6, 6.07) is 17.4. The molecule has 7 heteroatoms. The fraction of sp³-hybridized carbons (Fsp3) is 0.182. The van der Waals surface area contributed by atoms with Crippen LogP contribution in [0.2, 0.25) is 0 Å². The average Bonchev–Trinajstić information content (AvgIpc) is 2.70. The molecule has 29 heavy (non-hydrogen) atoms. The summed E-state index contributed by atoms with van der Waals surface area (Å²) in [5, 5.41) is 9.64. The van der Waals surface area contributed by atoms with Gasteiger partial charge in [-0.15, -0.1) is 0 Å². The summed E-state index contributed by atoms with van der Waals surface area (Å²) in [5.41, 5.74) is 3.17. The van der Waals surface area contributed by atoms with Gasteiger partial charge in [-0.25, -0.2) is 4.68 Å². The third kappa shape index (κ3) is 5.38. The molecule has 0 spiro atoms. The molecular formula is C22H22N4O3. The molecule has 3 rings (SSSR count). The number of amides is 2. The number of carbonyl (C=O) groups excluding carboxylic acids is 2. The van der Waals surface area contributed by atoms with Crippen molar-refractivity contribution >= 4 is 23.2 Å². The molecule has 0 bridgehead atoms. The van der Waals surface area contributed by atoms with E-state index in [0.29, 0.717) is 5.69 Å². The van der Waals surface area contributed by atoms with E-state index in [-0.39, 0.29) is 30.1 Å². The monoisotopic (exact) mass is 390 g/mol. The summed E-state index contributed by atoms with van der Waals surface area (Å²) >= 11 is 0.